The molecule has 1 N–H and O–H groups in total. The van der Waals surface area contributed by atoms with Gasteiger partial charge in [0.25, 0.3) is 5.91 Å². The quantitative estimate of drug-likeness (QED) is 0.915. The average molecular weight is 345 g/mol. The number of ether oxygens (including phenoxy) is 1. The molecule has 2 rings (SSSR count). The van der Waals surface area contributed by atoms with E-state index in [0.717, 1.165) is 4.90 Å². The normalized spacial score (nSPS) is 21.5. The predicted octanol–water partition coefficient (Wildman–Crippen LogP) is 2.87. The van der Waals surface area contributed by atoms with Crippen LogP contribution < -0.4 is 4.74 Å². The van der Waals surface area contributed by atoms with Crippen molar-refractivity contribution in [2.24, 2.45) is 5.41 Å². The number of piperidine rings is 1. The van der Waals surface area contributed by atoms with Gasteiger partial charge in [-0.15, -0.1) is 0 Å². The molecule has 1 heterocycles. The number of nitrogens with zero attached hydrogens (tertiary/aromatic N) is 1. The molecule has 132 valence electrons. The molecule has 8 heteroatoms. The van der Waals surface area contributed by atoms with E-state index in [0.29, 0.717) is 11.3 Å². The Labute approximate surface area is 137 Å². The van der Waals surface area contributed by atoms with Gasteiger partial charge in [0.1, 0.15) is 5.75 Å². The number of aryl methyl sites for hydroxylation is 1. The van der Waals surface area contributed by atoms with Crippen LogP contribution >= 0.6 is 0 Å². The van der Waals surface area contributed by atoms with Crippen LogP contribution in [-0.2, 0) is 4.79 Å². The third-order valence-electron chi connectivity index (χ3n) is 4.37. The van der Waals surface area contributed by atoms with Gasteiger partial charge in [-0.2, -0.15) is 13.2 Å². The molecule has 0 radical (unpaired) electrons. The van der Waals surface area contributed by atoms with Crippen LogP contribution in [-0.4, -0.2) is 48.3 Å². The number of rotatable bonds is 3. The van der Waals surface area contributed by atoms with Gasteiger partial charge in [0, 0.05) is 18.7 Å². The molecule has 1 aromatic carbocycles. The van der Waals surface area contributed by atoms with Crippen molar-refractivity contribution < 1.29 is 32.6 Å². The lowest BCUT2D eigenvalue weighted by Gasteiger charge is -2.40. The van der Waals surface area contributed by atoms with E-state index in [1.165, 1.54) is 19.2 Å². The summed E-state index contributed by atoms with van der Waals surface area (Å²) in [5.41, 5.74) is -2.04. The number of aliphatic carboxylic acids is 1. The molecular weight excluding hydrogens is 327 g/mol. The fourth-order valence-corrected chi connectivity index (χ4v) is 2.95. The number of carboxylic acid groups (broad SMARTS) is 1. The second-order valence-corrected chi connectivity index (χ2v) is 5.90. The maximum atomic E-state index is 13.3. The van der Waals surface area contributed by atoms with Gasteiger partial charge in [-0.3, -0.25) is 9.59 Å². The highest BCUT2D eigenvalue weighted by atomic mass is 19.4. The number of carbonyl (C=O) groups excluding carboxylic acids is 1. The van der Waals surface area contributed by atoms with Gasteiger partial charge in [0.2, 0.25) is 0 Å². The first-order chi connectivity index (χ1) is 11.1. The SMILES string of the molecule is COc1ccc(C(=O)N2CCCC(C(=O)O)(C(F)(F)F)C2)cc1C. The zero-order valence-corrected chi connectivity index (χ0v) is 13.3. The lowest BCUT2D eigenvalue weighted by atomic mass is 9.79. The Kier molecular flexibility index (Phi) is 4.77. The Morgan fingerprint density at radius 1 is 1.33 bits per heavy atom. The molecule has 1 saturated heterocycles. The highest BCUT2D eigenvalue weighted by Crippen LogP contribution is 2.45. The van der Waals surface area contributed by atoms with Gasteiger partial charge in [0.15, 0.2) is 5.41 Å². The lowest BCUT2D eigenvalue weighted by Crippen LogP contribution is -2.57. The van der Waals surface area contributed by atoms with Crippen LogP contribution in [0.1, 0.15) is 28.8 Å². The highest BCUT2D eigenvalue weighted by molar-refractivity contribution is 5.95. The topological polar surface area (TPSA) is 66.8 Å². The molecular formula is C16H18F3NO4. The molecule has 5 nitrogen and oxygen atoms in total. The summed E-state index contributed by atoms with van der Waals surface area (Å²) in [6.07, 6.45) is -5.47. The number of carbonyl (C=O) groups is 2. The van der Waals surface area contributed by atoms with Gasteiger partial charge in [0.05, 0.1) is 7.11 Å². The molecule has 1 aliphatic heterocycles. The van der Waals surface area contributed by atoms with Crippen LogP contribution in [0.5, 0.6) is 5.75 Å². The number of amides is 1. The van der Waals surface area contributed by atoms with Crippen LogP contribution in [0.2, 0.25) is 0 Å². The summed E-state index contributed by atoms with van der Waals surface area (Å²) >= 11 is 0. The molecule has 0 saturated carbocycles. The largest absolute Gasteiger partial charge is 0.496 e. The van der Waals surface area contributed by atoms with Crippen LogP contribution in [0.15, 0.2) is 18.2 Å². The van der Waals surface area contributed by atoms with Crippen molar-refractivity contribution in [1.82, 2.24) is 4.90 Å². The van der Waals surface area contributed by atoms with E-state index in [9.17, 15) is 22.8 Å². The minimum Gasteiger partial charge on any atom is -0.496 e. The first kappa shape index (κ1) is 18.1. The summed E-state index contributed by atoms with van der Waals surface area (Å²) in [6.45, 7) is 0.924. The van der Waals surface area contributed by atoms with Crippen LogP contribution in [0.25, 0.3) is 0 Å². The number of alkyl halides is 3. The molecule has 1 unspecified atom stereocenters. The van der Waals surface area contributed by atoms with Crippen LogP contribution in [0, 0.1) is 12.3 Å². The van der Waals surface area contributed by atoms with Gasteiger partial charge in [-0.1, -0.05) is 0 Å². The molecule has 1 atom stereocenters. The number of hydrogen-bond donors (Lipinski definition) is 1. The molecule has 0 spiro atoms. The Balaban J connectivity index is 2.30. The molecule has 0 aromatic heterocycles. The smallest absolute Gasteiger partial charge is 0.406 e. The standard InChI is InChI=1S/C16H18F3NO4/c1-10-8-11(4-5-12(10)24-2)13(21)20-7-3-6-15(9-20,14(22)23)16(17,18)19/h4-5,8H,3,6-7,9H2,1-2H3,(H,22,23). The van der Waals surface area contributed by atoms with E-state index in [1.54, 1.807) is 13.0 Å². The van der Waals surface area contributed by atoms with E-state index in [1.807, 2.05) is 0 Å². The third kappa shape index (κ3) is 3.05. The minimum atomic E-state index is -4.92. The van der Waals surface area contributed by atoms with Crippen molar-refractivity contribution in [1.29, 1.82) is 0 Å². The molecule has 1 aliphatic rings. The fraction of sp³-hybridized carbons (Fsp3) is 0.500. The first-order valence-corrected chi connectivity index (χ1v) is 7.36. The average Bonchev–Trinajstić information content (AvgIpc) is 2.52. The summed E-state index contributed by atoms with van der Waals surface area (Å²) < 4.78 is 45.0. The third-order valence-corrected chi connectivity index (χ3v) is 4.37. The summed E-state index contributed by atoms with van der Waals surface area (Å²) in [6, 6.07) is 4.53. The summed E-state index contributed by atoms with van der Waals surface area (Å²) in [4.78, 5) is 24.8. The molecule has 24 heavy (non-hydrogen) atoms. The second-order valence-electron chi connectivity index (χ2n) is 5.90. The van der Waals surface area contributed by atoms with E-state index < -0.39 is 36.4 Å². The number of halogens is 3. The fourth-order valence-electron chi connectivity index (χ4n) is 2.95. The summed E-state index contributed by atoms with van der Waals surface area (Å²) in [7, 11) is 1.47. The lowest BCUT2D eigenvalue weighted by molar-refractivity contribution is -0.240. The monoisotopic (exact) mass is 345 g/mol. The molecule has 1 aromatic rings. The number of methoxy groups -OCH3 is 1. The van der Waals surface area contributed by atoms with Gasteiger partial charge >= 0.3 is 12.1 Å². The Morgan fingerprint density at radius 2 is 2.00 bits per heavy atom. The van der Waals surface area contributed by atoms with E-state index in [2.05, 4.69) is 0 Å². The minimum absolute atomic E-state index is 0.0211. The Bertz CT molecular complexity index is 659. The van der Waals surface area contributed by atoms with Crippen molar-refractivity contribution in [2.45, 2.75) is 25.9 Å². The van der Waals surface area contributed by atoms with E-state index in [-0.39, 0.29) is 18.5 Å². The predicted molar refractivity (Wildman–Crippen MR) is 79.0 cm³/mol. The molecule has 0 aliphatic carbocycles. The van der Waals surface area contributed by atoms with Crippen molar-refractivity contribution in [3.8, 4) is 5.75 Å². The van der Waals surface area contributed by atoms with Gasteiger partial charge in [-0.25, -0.2) is 0 Å². The first-order valence-electron chi connectivity index (χ1n) is 7.36. The van der Waals surface area contributed by atoms with Crippen LogP contribution in [0.3, 0.4) is 0 Å². The second kappa shape index (κ2) is 6.33. The molecule has 1 amide bonds. The number of likely N-dealkylation sites (tertiary alicyclic amines) is 1. The van der Waals surface area contributed by atoms with E-state index >= 15 is 0 Å². The van der Waals surface area contributed by atoms with Crippen LogP contribution in [0.4, 0.5) is 13.2 Å². The Hall–Kier alpha value is -2.25. The van der Waals surface area contributed by atoms with Gasteiger partial charge < -0.3 is 14.7 Å². The number of carboxylic acids is 1. The maximum Gasteiger partial charge on any atom is 0.406 e. The van der Waals surface area contributed by atoms with Crippen molar-refractivity contribution in [3.05, 3.63) is 29.3 Å². The zero-order chi connectivity index (χ0) is 18.1. The van der Waals surface area contributed by atoms with Gasteiger partial charge in [-0.05, 0) is 43.5 Å². The number of hydrogen-bond acceptors (Lipinski definition) is 3. The maximum absolute atomic E-state index is 13.3. The zero-order valence-electron chi connectivity index (χ0n) is 13.3. The van der Waals surface area contributed by atoms with Crippen molar-refractivity contribution in [3.63, 3.8) is 0 Å². The summed E-state index contributed by atoms with van der Waals surface area (Å²) in [5, 5.41) is 9.13. The van der Waals surface area contributed by atoms with Crippen molar-refractivity contribution >= 4 is 11.9 Å². The Morgan fingerprint density at radius 3 is 2.50 bits per heavy atom. The summed E-state index contributed by atoms with van der Waals surface area (Å²) in [5.74, 6) is -2.01. The van der Waals surface area contributed by atoms with E-state index in [4.69, 9.17) is 9.84 Å². The highest BCUT2D eigenvalue weighted by Gasteiger charge is 2.62. The van der Waals surface area contributed by atoms with Crippen molar-refractivity contribution in [2.75, 3.05) is 20.2 Å². The molecule has 1 fully saturated rings. The number of benzene rings is 1. The molecule has 0 bridgehead atoms.